The molecule has 0 fully saturated rings. The number of aryl methyl sites for hydroxylation is 1. The van der Waals surface area contributed by atoms with E-state index in [9.17, 15) is 9.59 Å². The molecule has 0 aromatic carbocycles. The topological polar surface area (TPSA) is 87.5 Å². The van der Waals surface area contributed by atoms with Gasteiger partial charge in [0.1, 0.15) is 5.76 Å². The van der Waals surface area contributed by atoms with Gasteiger partial charge in [-0.15, -0.1) is 0 Å². The fourth-order valence-electron chi connectivity index (χ4n) is 1.81. The second-order valence-corrected chi connectivity index (χ2v) is 5.21. The molecule has 21 heavy (non-hydrogen) atoms. The van der Waals surface area contributed by atoms with Crippen LogP contribution < -0.4 is 10.6 Å². The van der Waals surface area contributed by atoms with E-state index >= 15 is 0 Å². The van der Waals surface area contributed by atoms with Gasteiger partial charge in [-0.3, -0.25) is 14.5 Å². The van der Waals surface area contributed by atoms with Crippen molar-refractivity contribution >= 4 is 17.6 Å². The molecule has 118 valence electrons. The number of nitrogens with one attached hydrogen (secondary N) is 2. The van der Waals surface area contributed by atoms with Gasteiger partial charge in [-0.05, 0) is 27.3 Å². The van der Waals surface area contributed by atoms with Crippen molar-refractivity contribution in [3.63, 3.8) is 0 Å². The normalized spacial score (nSPS) is 11.0. The number of hydrogen-bond donors (Lipinski definition) is 2. The molecule has 1 rings (SSSR count). The largest absolute Gasteiger partial charge is 0.360 e. The molecule has 0 aliphatic heterocycles. The number of carbonyl (C=O) groups excluding carboxylic acids is 2. The van der Waals surface area contributed by atoms with E-state index in [0.717, 1.165) is 0 Å². The van der Waals surface area contributed by atoms with Crippen molar-refractivity contribution in [1.29, 1.82) is 0 Å². The highest BCUT2D eigenvalue weighted by Gasteiger charge is 2.12. The Morgan fingerprint density at radius 1 is 1.38 bits per heavy atom. The maximum Gasteiger partial charge on any atom is 0.234 e. The molecule has 0 bridgehead atoms. The summed E-state index contributed by atoms with van der Waals surface area (Å²) in [5.41, 5.74) is 0. The predicted octanol–water partition coefficient (Wildman–Crippen LogP) is 1.16. The third-order valence-corrected chi connectivity index (χ3v) is 2.81. The Hall–Kier alpha value is -1.89. The van der Waals surface area contributed by atoms with Crippen molar-refractivity contribution in [1.82, 2.24) is 15.4 Å². The fourth-order valence-corrected chi connectivity index (χ4v) is 1.81. The predicted molar refractivity (Wildman–Crippen MR) is 79.9 cm³/mol. The molecule has 1 heterocycles. The molecule has 0 saturated carbocycles. The molecule has 0 spiro atoms. The molecule has 7 nitrogen and oxygen atoms in total. The van der Waals surface area contributed by atoms with Gasteiger partial charge in [0.25, 0.3) is 0 Å². The van der Waals surface area contributed by atoms with Crippen molar-refractivity contribution in [3.8, 4) is 0 Å². The molecular weight excluding hydrogens is 272 g/mol. The summed E-state index contributed by atoms with van der Waals surface area (Å²) in [6, 6.07) is 1.78. The van der Waals surface area contributed by atoms with Gasteiger partial charge in [0, 0.05) is 25.1 Å². The number of anilines is 1. The molecule has 0 radical (unpaired) electrons. The van der Waals surface area contributed by atoms with Crippen LogP contribution in [0.4, 0.5) is 5.82 Å². The third kappa shape index (κ3) is 6.89. The SMILES string of the molecule is CCN(CCC(=O)Nc1cc(C)on1)CC(=O)NC(C)C. The van der Waals surface area contributed by atoms with Crippen LogP contribution in [0.1, 0.15) is 33.0 Å². The number of rotatable bonds is 8. The molecule has 0 aliphatic carbocycles. The Kier molecular flexibility index (Phi) is 6.87. The number of amides is 2. The zero-order valence-corrected chi connectivity index (χ0v) is 13.1. The van der Waals surface area contributed by atoms with Crippen LogP contribution in [0, 0.1) is 6.92 Å². The van der Waals surface area contributed by atoms with E-state index in [1.165, 1.54) is 0 Å². The number of likely N-dealkylation sites (N-methyl/N-ethyl adjacent to an activating group) is 1. The van der Waals surface area contributed by atoms with Gasteiger partial charge in [-0.1, -0.05) is 12.1 Å². The maximum atomic E-state index is 11.8. The molecule has 1 aromatic rings. The minimum absolute atomic E-state index is 0.0283. The average Bonchev–Trinajstić information content (AvgIpc) is 2.78. The Morgan fingerprint density at radius 2 is 2.10 bits per heavy atom. The fraction of sp³-hybridized carbons (Fsp3) is 0.643. The quantitative estimate of drug-likeness (QED) is 0.751. The van der Waals surface area contributed by atoms with Crippen LogP contribution >= 0.6 is 0 Å². The van der Waals surface area contributed by atoms with Gasteiger partial charge >= 0.3 is 0 Å². The van der Waals surface area contributed by atoms with Crippen LogP contribution in [0.2, 0.25) is 0 Å². The van der Waals surface area contributed by atoms with Gasteiger partial charge in [0.15, 0.2) is 5.82 Å². The van der Waals surface area contributed by atoms with Gasteiger partial charge in [-0.25, -0.2) is 0 Å². The highest BCUT2D eigenvalue weighted by atomic mass is 16.5. The maximum absolute atomic E-state index is 11.8. The first-order chi connectivity index (χ1) is 9.90. The molecule has 0 aliphatic rings. The number of carbonyl (C=O) groups is 2. The van der Waals surface area contributed by atoms with Crippen LogP contribution in [0.25, 0.3) is 0 Å². The minimum atomic E-state index is -0.147. The smallest absolute Gasteiger partial charge is 0.234 e. The van der Waals surface area contributed by atoms with Crippen molar-refractivity contribution in [2.45, 2.75) is 40.2 Å². The van der Waals surface area contributed by atoms with E-state index in [0.29, 0.717) is 37.6 Å². The summed E-state index contributed by atoms with van der Waals surface area (Å²) < 4.78 is 4.87. The Labute approximate surface area is 125 Å². The summed E-state index contributed by atoms with van der Waals surface area (Å²) >= 11 is 0. The highest BCUT2D eigenvalue weighted by molar-refractivity contribution is 5.89. The summed E-state index contributed by atoms with van der Waals surface area (Å²) in [4.78, 5) is 25.4. The van der Waals surface area contributed by atoms with Crippen LogP contribution in [0.5, 0.6) is 0 Å². The van der Waals surface area contributed by atoms with Gasteiger partial charge < -0.3 is 15.2 Å². The van der Waals surface area contributed by atoms with Crippen molar-refractivity contribution < 1.29 is 14.1 Å². The zero-order valence-electron chi connectivity index (χ0n) is 13.1. The average molecular weight is 296 g/mol. The van der Waals surface area contributed by atoms with Gasteiger partial charge in [-0.2, -0.15) is 0 Å². The minimum Gasteiger partial charge on any atom is -0.360 e. The molecule has 2 N–H and O–H groups in total. The number of hydrogen-bond acceptors (Lipinski definition) is 5. The number of nitrogens with zero attached hydrogens (tertiary/aromatic N) is 2. The zero-order chi connectivity index (χ0) is 15.8. The van der Waals surface area contributed by atoms with Crippen molar-refractivity contribution in [3.05, 3.63) is 11.8 Å². The first kappa shape index (κ1) is 17.2. The first-order valence-electron chi connectivity index (χ1n) is 7.15. The molecule has 2 amide bonds. The molecule has 1 aromatic heterocycles. The summed E-state index contributed by atoms with van der Waals surface area (Å²) in [5, 5.41) is 9.19. The second kappa shape index (κ2) is 8.41. The Bertz CT molecular complexity index is 471. The summed E-state index contributed by atoms with van der Waals surface area (Å²) in [5.74, 6) is 0.884. The summed E-state index contributed by atoms with van der Waals surface area (Å²) in [6.07, 6.45) is 0.300. The first-order valence-corrected chi connectivity index (χ1v) is 7.15. The standard InChI is InChI=1S/C14H24N4O3/c1-5-18(9-14(20)15-10(2)3)7-6-13(19)16-12-8-11(4)21-17-12/h8,10H,5-7,9H2,1-4H3,(H,15,20)(H,16,17,19). The summed E-state index contributed by atoms with van der Waals surface area (Å²) in [6.45, 7) is 9.08. The summed E-state index contributed by atoms with van der Waals surface area (Å²) in [7, 11) is 0. The Balaban J connectivity index is 2.33. The van der Waals surface area contributed by atoms with Crippen molar-refractivity contribution in [2.24, 2.45) is 0 Å². The van der Waals surface area contributed by atoms with Crippen molar-refractivity contribution in [2.75, 3.05) is 25.0 Å². The lowest BCUT2D eigenvalue weighted by atomic mass is 10.3. The molecule has 0 unspecified atom stereocenters. The molecule has 7 heteroatoms. The third-order valence-electron chi connectivity index (χ3n) is 2.81. The van der Waals surface area contributed by atoms with E-state index in [-0.39, 0.29) is 17.9 Å². The van der Waals surface area contributed by atoms with E-state index in [2.05, 4.69) is 15.8 Å². The van der Waals surface area contributed by atoms with Gasteiger partial charge in [0.2, 0.25) is 11.8 Å². The highest BCUT2D eigenvalue weighted by Crippen LogP contribution is 2.07. The van der Waals surface area contributed by atoms with Crippen LogP contribution in [0.3, 0.4) is 0 Å². The van der Waals surface area contributed by atoms with E-state index in [1.807, 2.05) is 25.7 Å². The molecule has 0 saturated heterocycles. The van der Waals surface area contributed by atoms with Gasteiger partial charge in [0.05, 0.1) is 6.54 Å². The Morgan fingerprint density at radius 3 is 2.62 bits per heavy atom. The van der Waals surface area contributed by atoms with Crippen LogP contribution in [0.15, 0.2) is 10.6 Å². The van der Waals surface area contributed by atoms with E-state index in [1.54, 1.807) is 13.0 Å². The van der Waals surface area contributed by atoms with Crippen LogP contribution in [-0.4, -0.2) is 47.5 Å². The molecule has 0 atom stereocenters. The van der Waals surface area contributed by atoms with E-state index in [4.69, 9.17) is 4.52 Å². The van der Waals surface area contributed by atoms with Crippen LogP contribution in [-0.2, 0) is 9.59 Å². The monoisotopic (exact) mass is 296 g/mol. The lowest BCUT2D eigenvalue weighted by molar-refractivity contribution is -0.123. The van der Waals surface area contributed by atoms with E-state index < -0.39 is 0 Å². The lowest BCUT2D eigenvalue weighted by Gasteiger charge is -2.20. The number of aromatic nitrogens is 1. The second-order valence-electron chi connectivity index (χ2n) is 5.21. The lowest BCUT2D eigenvalue weighted by Crippen LogP contribution is -2.41. The molecular formula is C14H24N4O3.